The summed E-state index contributed by atoms with van der Waals surface area (Å²) in [6, 6.07) is 8.74. The normalized spacial score (nSPS) is 11.2. The number of rotatable bonds is 4. The smallest absolute Gasteiger partial charge is 0.364 e. The monoisotopic (exact) mass is 312 g/mol. The van der Waals surface area contributed by atoms with Gasteiger partial charge in [-0.05, 0) is 5.56 Å². The molecule has 0 spiro atoms. The quantitative estimate of drug-likeness (QED) is 0.897. The molecule has 22 heavy (non-hydrogen) atoms. The van der Waals surface area contributed by atoms with Crippen molar-refractivity contribution in [2.75, 3.05) is 5.32 Å². The molecule has 1 heterocycles. The number of anilines is 1. The highest BCUT2D eigenvalue weighted by Crippen LogP contribution is 2.21. The lowest BCUT2D eigenvalue weighted by Gasteiger charge is -2.12. The van der Waals surface area contributed by atoms with Crippen LogP contribution in [0.4, 0.5) is 19.0 Å². The Morgan fingerprint density at radius 2 is 1.86 bits per heavy atom. The Morgan fingerprint density at radius 1 is 1.23 bits per heavy atom. The zero-order valence-electron chi connectivity index (χ0n) is 11.1. The van der Waals surface area contributed by atoms with Gasteiger partial charge in [0, 0.05) is 0 Å². The zero-order chi connectivity index (χ0) is 16.3. The van der Waals surface area contributed by atoms with Crippen molar-refractivity contribution in [1.82, 2.24) is 9.55 Å². The summed E-state index contributed by atoms with van der Waals surface area (Å²) >= 11 is 0. The van der Waals surface area contributed by atoms with Gasteiger partial charge in [-0.15, -0.1) is 0 Å². The van der Waals surface area contributed by atoms with E-state index < -0.39 is 29.5 Å². The molecule has 2 aromatic rings. The van der Waals surface area contributed by atoms with Crippen LogP contribution >= 0.6 is 0 Å². The van der Waals surface area contributed by atoms with Gasteiger partial charge in [0.1, 0.15) is 5.82 Å². The molecule has 2 amide bonds. The molecule has 6 nitrogen and oxygen atoms in total. The molecule has 0 bridgehead atoms. The molecule has 0 unspecified atom stereocenters. The van der Waals surface area contributed by atoms with Gasteiger partial charge in [-0.2, -0.15) is 13.2 Å². The van der Waals surface area contributed by atoms with Crippen LogP contribution in [0, 0.1) is 0 Å². The molecule has 0 aliphatic rings. The second kappa shape index (κ2) is 5.88. The van der Waals surface area contributed by atoms with Gasteiger partial charge in [-0.3, -0.25) is 9.59 Å². The van der Waals surface area contributed by atoms with E-state index in [2.05, 4.69) is 4.98 Å². The van der Waals surface area contributed by atoms with Crippen molar-refractivity contribution in [3.05, 3.63) is 47.9 Å². The number of imidazole rings is 1. The van der Waals surface area contributed by atoms with Gasteiger partial charge < -0.3 is 15.6 Å². The molecular weight excluding hydrogens is 301 g/mol. The SMILES string of the molecule is NC(=O)c1ncn(Cc2ccccc2)c1NC(=O)C(F)(F)F. The molecule has 0 fully saturated rings. The number of alkyl halides is 3. The van der Waals surface area contributed by atoms with Gasteiger partial charge in [0.05, 0.1) is 12.9 Å². The molecule has 0 radical (unpaired) electrons. The topological polar surface area (TPSA) is 90.0 Å². The molecule has 1 aromatic carbocycles. The minimum Gasteiger partial charge on any atom is -0.364 e. The van der Waals surface area contributed by atoms with Crippen LogP contribution in [0.1, 0.15) is 16.1 Å². The van der Waals surface area contributed by atoms with E-state index in [1.54, 1.807) is 35.6 Å². The Hall–Kier alpha value is -2.84. The summed E-state index contributed by atoms with van der Waals surface area (Å²) in [5.41, 5.74) is 5.37. The average Bonchev–Trinajstić information content (AvgIpc) is 2.82. The number of nitrogens with two attached hydrogens (primary N) is 1. The van der Waals surface area contributed by atoms with Crippen LogP contribution in [0.5, 0.6) is 0 Å². The van der Waals surface area contributed by atoms with Crippen LogP contribution in [-0.4, -0.2) is 27.5 Å². The molecule has 9 heteroatoms. The molecule has 3 N–H and O–H groups in total. The van der Waals surface area contributed by atoms with Crippen molar-refractivity contribution in [3.8, 4) is 0 Å². The van der Waals surface area contributed by atoms with Gasteiger partial charge in [0.2, 0.25) is 0 Å². The van der Waals surface area contributed by atoms with E-state index in [-0.39, 0.29) is 6.54 Å². The highest BCUT2D eigenvalue weighted by atomic mass is 19.4. The third-order valence-corrected chi connectivity index (χ3v) is 2.76. The van der Waals surface area contributed by atoms with E-state index in [1.165, 1.54) is 4.57 Å². The van der Waals surface area contributed by atoms with E-state index in [9.17, 15) is 22.8 Å². The molecule has 0 atom stereocenters. The molecule has 0 saturated carbocycles. The van der Waals surface area contributed by atoms with Gasteiger partial charge in [0.25, 0.3) is 5.91 Å². The lowest BCUT2D eigenvalue weighted by Crippen LogP contribution is -2.32. The van der Waals surface area contributed by atoms with Crippen molar-refractivity contribution >= 4 is 17.6 Å². The highest BCUT2D eigenvalue weighted by Gasteiger charge is 2.40. The maximum atomic E-state index is 12.4. The first-order chi connectivity index (χ1) is 10.3. The number of halogens is 3. The number of benzene rings is 1. The van der Waals surface area contributed by atoms with Crippen LogP contribution in [0.2, 0.25) is 0 Å². The Kier molecular flexibility index (Phi) is 4.15. The number of aromatic nitrogens is 2. The van der Waals surface area contributed by atoms with E-state index in [0.717, 1.165) is 11.9 Å². The van der Waals surface area contributed by atoms with Gasteiger partial charge in [-0.25, -0.2) is 4.98 Å². The lowest BCUT2D eigenvalue weighted by molar-refractivity contribution is -0.167. The molecule has 2 rings (SSSR count). The largest absolute Gasteiger partial charge is 0.471 e. The molecule has 0 aliphatic carbocycles. The van der Waals surface area contributed by atoms with Gasteiger partial charge in [-0.1, -0.05) is 30.3 Å². The highest BCUT2D eigenvalue weighted by molar-refractivity contribution is 6.02. The maximum Gasteiger partial charge on any atom is 0.471 e. The van der Waals surface area contributed by atoms with Gasteiger partial charge >= 0.3 is 12.1 Å². The number of hydrogen-bond donors (Lipinski definition) is 2. The summed E-state index contributed by atoms with van der Waals surface area (Å²) < 4.78 is 38.3. The number of nitrogens with one attached hydrogen (secondary N) is 1. The van der Waals surface area contributed by atoms with Crippen LogP contribution in [0.25, 0.3) is 0 Å². The van der Waals surface area contributed by atoms with Crippen LogP contribution in [0.15, 0.2) is 36.7 Å². The fraction of sp³-hybridized carbons (Fsp3) is 0.154. The summed E-state index contributed by atoms with van der Waals surface area (Å²) in [6.45, 7) is 0.120. The minimum atomic E-state index is -5.09. The standard InChI is InChI=1S/C13H11F3N4O2/c14-13(15,16)12(22)19-11-9(10(17)21)18-7-20(11)6-8-4-2-1-3-5-8/h1-5,7H,6H2,(H2,17,21)(H,19,22). The Labute approximate surface area is 122 Å². The number of carbonyl (C=O) groups excluding carboxylic acids is 2. The zero-order valence-corrected chi connectivity index (χ0v) is 11.1. The predicted octanol–water partition coefficient (Wildman–Crippen LogP) is 1.53. The van der Waals surface area contributed by atoms with Crippen molar-refractivity contribution in [3.63, 3.8) is 0 Å². The Bertz CT molecular complexity index is 695. The van der Waals surface area contributed by atoms with Crippen LogP contribution < -0.4 is 11.1 Å². The van der Waals surface area contributed by atoms with Crippen LogP contribution in [0.3, 0.4) is 0 Å². The first-order valence-electron chi connectivity index (χ1n) is 6.06. The Balaban J connectivity index is 2.35. The van der Waals surface area contributed by atoms with Gasteiger partial charge in [0.15, 0.2) is 5.69 Å². The molecular formula is C13H11F3N4O2. The minimum absolute atomic E-state index is 0.120. The summed E-state index contributed by atoms with van der Waals surface area (Å²) in [5.74, 6) is -3.63. The second-order valence-electron chi connectivity index (χ2n) is 4.37. The second-order valence-corrected chi connectivity index (χ2v) is 4.37. The fourth-order valence-electron chi connectivity index (χ4n) is 1.77. The van der Waals surface area contributed by atoms with Crippen molar-refractivity contribution in [1.29, 1.82) is 0 Å². The third kappa shape index (κ3) is 3.43. The number of primary amides is 1. The first-order valence-corrected chi connectivity index (χ1v) is 6.06. The molecule has 0 saturated heterocycles. The first kappa shape index (κ1) is 15.5. The van der Waals surface area contributed by atoms with E-state index in [0.29, 0.717) is 0 Å². The predicted molar refractivity (Wildman–Crippen MR) is 71.0 cm³/mol. The maximum absolute atomic E-state index is 12.4. The lowest BCUT2D eigenvalue weighted by atomic mass is 10.2. The average molecular weight is 312 g/mol. The van der Waals surface area contributed by atoms with E-state index in [1.807, 2.05) is 0 Å². The van der Waals surface area contributed by atoms with E-state index >= 15 is 0 Å². The number of amides is 2. The summed E-state index contributed by atoms with van der Waals surface area (Å²) in [7, 11) is 0. The van der Waals surface area contributed by atoms with E-state index in [4.69, 9.17) is 5.73 Å². The van der Waals surface area contributed by atoms with Crippen molar-refractivity contribution in [2.24, 2.45) is 5.73 Å². The van der Waals surface area contributed by atoms with Crippen molar-refractivity contribution < 1.29 is 22.8 Å². The summed E-state index contributed by atoms with van der Waals surface area (Å²) in [4.78, 5) is 26.0. The number of nitrogens with zero attached hydrogens (tertiary/aromatic N) is 2. The fourth-order valence-corrected chi connectivity index (χ4v) is 1.77. The Morgan fingerprint density at radius 3 is 2.41 bits per heavy atom. The van der Waals surface area contributed by atoms with Crippen molar-refractivity contribution in [2.45, 2.75) is 12.7 Å². The summed E-state index contributed by atoms with van der Waals surface area (Å²) in [6.07, 6.45) is -3.95. The number of hydrogen-bond acceptors (Lipinski definition) is 3. The molecule has 1 aromatic heterocycles. The molecule has 0 aliphatic heterocycles. The van der Waals surface area contributed by atoms with Crippen LogP contribution in [-0.2, 0) is 11.3 Å². The number of carbonyl (C=O) groups is 2. The third-order valence-electron chi connectivity index (χ3n) is 2.76. The summed E-state index contributed by atoms with van der Waals surface area (Å²) in [5, 5.41) is 1.64. The molecule has 116 valence electrons.